The molecule has 1 atom stereocenters. The molecule has 1 fully saturated rings. The molecule has 0 N–H and O–H groups in total. The number of benzene rings is 2. The average molecular weight is 403 g/mol. The third-order valence-corrected chi connectivity index (χ3v) is 5.16. The van der Waals surface area contributed by atoms with Crippen molar-refractivity contribution in [3.8, 4) is 5.75 Å². The van der Waals surface area contributed by atoms with Crippen molar-refractivity contribution in [2.45, 2.75) is 26.4 Å². The molecule has 0 radical (unpaired) electrons. The monoisotopic (exact) mass is 402 g/mol. The molecule has 0 aliphatic carbocycles. The van der Waals surface area contributed by atoms with Gasteiger partial charge in [-0.05, 0) is 47.9 Å². The number of ether oxygens (including phenoxy) is 1. The quantitative estimate of drug-likeness (QED) is 0.671. The van der Waals surface area contributed by atoms with Crippen molar-refractivity contribution in [1.82, 2.24) is 9.80 Å². The van der Waals surface area contributed by atoms with Crippen LogP contribution in [-0.2, 0) is 11.3 Å². The molecule has 1 aliphatic heterocycles. The topological polar surface area (TPSA) is 32.8 Å². The predicted molar refractivity (Wildman–Crippen MR) is 108 cm³/mol. The van der Waals surface area contributed by atoms with Gasteiger partial charge in [0.25, 0.3) is 0 Å². The molecule has 2 aromatic rings. The zero-order chi connectivity index (χ0) is 20.1. The van der Waals surface area contributed by atoms with Gasteiger partial charge >= 0.3 is 0 Å². The Morgan fingerprint density at radius 3 is 2.43 bits per heavy atom. The summed E-state index contributed by atoms with van der Waals surface area (Å²) in [5.74, 6) is 2.83. The molecule has 1 aliphatic rings. The second kappa shape index (κ2) is 9.24. The van der Waals surface area contributed by atoms with E-state index in [9.17, 15) is 9.18 Å². The van der Waals surface area contributed by atoms with E-state index in [0.29, 0.717) is 30.5 Å². The molecule has 3 rings (SSSR count). The van der Waals surface area contributed by atoms with Crippen LogP contribution >= 0.6 is 11.6 Å². The molecule has 148 valence electrons. The van der Waals surface area contributed by atoms with Gasteiger partial charge in [0, 0.05) is 24.7 Å². The zero-order valence-corrected chi connectivity index (χ0v) is 16.8. The van der Waals surface area contributed by atoms with Crippen LogP contribution in [0.4, 0.5) is 4.39 Å². The largest absolute Gasteiger partial charge is 0.478 e. The maximum atomic E-state index is 13.2. The molecule has 4 nitrogen and oxygen atoms in total. The van der Waals surface area contributed by atoms with Gasteiger partial charge in [0.05, 0.1) is 6.04 Å². The molecule has 1 heterocycles. The maximum Gasteiger partial charge on any atom is 0.147 e. The Morgan fingerprint density at radius 2 is 1.82 bits per heavy atom. The summed E-state index contributed by atoms with van der Waals surface area (Å²) in [4.78, 5) is 16.0. The van der Waals surface area contributed by atoms with Crippen LogP contribution < -0.4 is 4.74 Å². The third-order valence-electron chi connectivity index (χ3n) is 4.90. The molecule has 0 amide bonds. The highest BCUT2D eigenvalue weighted by molar-refractivity contribution is 6.30. The Labute approximate surface area is 170 Å². The molecule has 2 aromatic carbocycles. The van der Waals surface area contributed by atoms with Crippen LogP contribution in [0, 0.1) is 11.7 Å². The first-order valence-electron chi connectivity index (χ1n) is 9.34. The van der Waals surface area contributed by atoms with Crippen LogP contribution in [0.3, 0.4) is 0 Å². The molecule has 0 unspecified atom stereocenters. The normalized spacial score (nSPS) is 17.7. The number of piperazine rings is 1. The summed E-state index contributed by atoms with van der Waals surface area (Å²) in [6.07, 6.45) is 0. The molecule has 1 saturated heterocycles. The van der Waals surface area contributed by atoms with Gasteiger partial charge < -0.3 is 9.64 Å². The lowest BCUT2D eigenvalue weighted by Crippen LogP contribution is -2.54. The van der Waals surface area contributed by atoms with E-state index >= 15 is 0 Å². The Kier molecular flexibility index (Phi) is 6.74. The van der Waals surface area contributed by atoms with Crippen molar-refractivity contribution >= 4 is 17.5 Å². The number of carbonyl (C=O) groups excluding carboxylic acids is 1. The van der Waals surface area contributed by atoms with Crippen LogP contribution in [0.1, 0.15) is 19.4 Å². The summed E-state index contributed by atoms with van der Waals surface area (Å²) in [5.41, 5.74) is 1.58. The van der Waals surface area contributed by atoms with Crippen molar-refractivity contribution in [1.29, 1.82) is 0 Å². The second-order valence-electron chi connectivity index (χ2n) is 7.26. The van der Waals surface area contributed by atoms with Crippen LogP contribution in [0.5, 0.6) is 5.75 Å². The van der Waals surface area contributed by atoms with Crippen molar-refractivity contribution in [3.63, 3.8) is 0 Å². The van der Waals surface area contributed by atoms with Crippen LogP contribution in [0.25, 0.3) is 0 Å². The van der Waals surface area contributed by atoms with E-state index in [-0.39, 0.29) is 17.8 Å². The van der Waals surface area contributed by atoms with Crippen molar-refractivity contribution < 1.29 is 13.9 Å². The number of rotatable bonds is 6. The average Bonchev–Trinajstić information content (AvgIpc) is 2.69. The van der Waals surface area contributed by atoms with Gasteiger partial charge in [0.1, 0.15) is 29.9 Å². The van der Waals surface area contributed by atoms with Crippen molar-refractivity contribution in [2.75, 3.05) is 19.8 Å². The lowest BCUT2D eigenvalue weighted by Gasteiger charge is -2.44. The molecule has 6 heteroatoms. The van der Waals surface area contributed by atoms with E-state index in [2.05, 4.69) is 24.7 Å². The molecular weight excluding hydrogens is 379 g/mol. The number of halogens is 2. The van der Waals surface area contributed by atoms with Gasteiger partial charge in [-0.15, -0.1) is 0 Å². The van der Waals surface area contributed by atoms with E-state index in [1.807, 2.05) is 17.0 Å². The lowest BCUT2D eigenvalue weighted by molar-refractivity contribution is 0.0299. The standard InChI is InChI=1S/C22H24ClFN2O2/c1-16(2)22-21(14-27)25(13-17-3-7-19(24)8-4-17)11-12-26(22)15-28-20-9-5-18(23)6-10-20/h3-10,16,22H,11-13,15H2,1-2H3/t22-/m1/s1. The van der Waals surface area contributed by atoms with E-state index in [0.717, 1.165) is 17.9 Å². The van der Waals surface area contributed by atoms with Crippen LogP contribution in [0.15, 0.2) is 54.2 Å². The van der Waals surface area contributed by atoms with Gasteiger partial charge in [-0.2, -0.15) is 0 Å². The number of nitrogens with zero attached hydrogens (tertiary/aromatic N) is 2. The predicted octanol–water partition coefficient (Wildman–Crippen LogP) is 4.37. The van der Waals surface area contributed by atoms with E-state index in [4.69, 9.17) is 16.3 Å². The minimum absolute atomic E-state index is 0.0981. The summed E-state index contributed by atoms with van der Waals surface area (Å²) in [6, 6.07) is 13.5. The minimum Gasteiger partial charge on any atom is -0.478 e. The van der Waals surface area contributed by atoms with Gasteiger partial charge in [-0.1, -0.05) is 37.6 Å². The van der Waals surface area contributed by atoms with Gasteiger partial charge in [0.2, 0.25) is 0 Å². The zero-order valence-electron chi connectivity index (χ0n) is 16.1. The highest BCUT2D eigenvalue weighted by atomic mass is 35.5. The Hall–Kier alpha value is -2.33. The fraction of sp³-hybridized carbons (Fsp3) is 0.364. The summed E-state index contributed by atoms with van der Waals surface area (Å²) in [7, 11) is 0. The summed E-state index contributed by atoms with van der Waals surface area (Å²) >= 11 is 5.92. The van der Waals surface area contributed by atoms with E-state index in [1.165, 1.54) is 12.1 Å². The van der Waals surface area contributed by atoms with E-state index in [1.54, 1.807) is 24.3 Å². The first-order valence-corrected chi connectivity index (χ1v) is 9.72. The first-order chi connectivity index (χ1) is 13.5. The molecule has 0 saturated carbocycles. The first kappa shape index (κ1) is 20.4. The highest BCUT2D eigenvalue weighted by Gasteiger charge is 2.35. The second-order valence-corrected chi connectivity index (χ2v) is 7.70. The fourth-order valence-electron chi connectivity index (χ4n) is 3.54. The molecular formula is C22H24ClFN2O2. The highest BCUT2D eigenvalue weighted by Crippen LogP contribution is 2.27. The minimum atomic E-state index is -0.265. The molecule has 0 bridgehead atoms. The SMILES string of the molecule is CC(C)[C@@H]1C(=C=O)N(Cc2ccc(F)cc2)CCN1COc1ccc(Cl)cc1. The summed E-state index contributed by atoms with van der Waals surface area (Å²) < 4.78 is 19.1. The Bertz CT molecular complexity index is 833. The molecule has 0 aromatic heterocycles. The number of hydrogen-bond acceptors (Lipinski definition) is 4. The maximum absolute atomic E-state index is 13.2. The van der Waals surface area contributed by atoms with Crippen molar-refractivity contribution in [3.05, 3.63) is 70.6 Å². The summed E-state index contributed by atoms with van der Waals surface area (Å²) in [6.45, 7) is 6.52. The van der Waals surface area contributed by atoms with Gasteiger partial charge in [-0.3, -0.25) is 4.90 Å². The van der Waals surface area contributed by atoms with Crippen molar-refractivity contribution in [2.24, 2.45) is 5.92 Å². The fourth-order valence-corrected chi connectivity index (χ4v) is 3.66. The molecule has 0 spiro atoms. The van der Waals surface area contributed by atoms with Crippen LogP contribution in [0.2, 0.25) is 5.02 Å². The summed E-state index contributed by atoms with van der Waals surface area (Å²) in [5, 5.41) is 0.660. The lowest BCUT2D eigenvalue weighted by atomic mass is 9.96. The Balaban J connectivity index is 1.71. The third kappa shape index (κ3) is 4.93. The van der Waals surface area contributed by atoms with E-state index < -0.39 is 0 Å². The van der Waals surface area contributed by atoms with Gasteiger partial charge in [0.15, 0.2) is 0 Å². The number of hydrogen-bond donors (Lipinski definition) is 0. The smallest absolute Gasteiger partial charge is 0.147 e. The van der Waals surface area contributed by atoms with Crippen LogP contribution in [-0.4, -0.2) is 41.6 Å². The molecule has 28 heavy (non-hydrogen) atoms. The Morgan fingerprint density at radius 1 is 1.14 bits per heavy atom. The van der Waals surface area contributed by atoms with Gasteiger partial charge in [-0.25, -0.2) is 9.18 Å².